The summed E-state index contributed by atoms with van der Waals surface area (Å²) >= 11 is 5.94. The molecular weight excluding hydrogens is 234 g/mol. The third-order valence-corrected chi connectivity index (χ3v) is 3.21. The van der Waals surface area contributed by atoms with Gasteiger partial charge in [-0.05, 0) is 31.0 Å². The molecule has 1 heterocycles. The first-order valence-electron chi connectivity index (χ1n) is 5.55. The van der Waals surface area contributed by atoms with Gasteiger partial charge in [0.1, 0.15) is 11.0 Å². The van der Waals surface area contributed by atoms with E-state index in [0.29, 0.717) is 11.7 Å². The lowest BCUT2D eigenvalue weighted by molar-refractivity contribution is 0.813. The third kappa shape index (κ3) is 2.61. The normalized spacial score (nSPS) is 10.6. The lowest BCUT2D eigenvalue weighted by Crippen LogP contribution is -2.07. The Morgan fingerprint density at radius 1 is 1.35 bits per heavy atom. The molecule has 2 aromatic rings. The minimum absolute atomic E-state index is 0.655. The third-order valence-electron chi connectivity index (χ3n) is 2.86. The zero-order chi connectivity index (χ0) is 12.4. The topological polar surface area (TPSA) is 29.9 Å². The molecule has 3 nitrogen and oxygen atoms in total. The van der Waals surface area contributed by atoms with E-state index in [1.165, 1.54) is 11.1 Å². The molecule has 4 heteroatoms. The van der Waals surface area contributed by atoms with Crippen LogP contribution in [0.25, 0.3) is 0 Å². The molecule has 0 saturated carbocycles. The quantitative estimate of drug-likeness (QED) is 0.905. The lowest BCUT2D eigenvalue weighted by atomic mass is 10.1. The molecule has 17 heavy (non-hydrogen) atoms. The average molecular weight is 250 g/mol. The second-order valence-electron chi connectivity index (χ2n) is 4.23. The number of hydrogen-bond donors (Lipinski definition) is 1. The molecule has 1 aromatic heterocycles. The first-order chi connectivity index (χ1) is 8.08. The fraction of sp³-hybridized carbons (Fsp3) is 0.308. The fourth-order valence-corrected chi connectivity index (χ4v) is 1.84. The van der Waals surface area contributed by atoms with Crippen LogP contribution in [0.15, 0.2) is 24.4 Å². The van der Waals surface area contributed by atoms with Gasteiger partial charge >= 0.3 is 0 Å². The van der Waals surface area contributed by atoms with Gasteiger partial charge in [0.2, 0.25) is 0 Å². The molecule has 0 unspecified atom stereocenters. The molecule has 0 spiro atoms. The van der Waals surface area contributed by atoms with Crippen molar-refractivity contribution in [1.82, 2.24) is 9.55 Å². The van der Waals surface area contributed by atoms with Crippen molar-refractivity contribution < 1.29 is 0 Å². The number of benzene rings is 1. The van der Waals surface area contributed by atoms with Gasteiger partial charge in [0.25, 0.3) is 0 Å². The molecule has 0 aliphatic heterocycles. The van der Waals surface area contributed by atoms with Crippen molar-refractivity contribution in [2.24, 2.45) is 7.05 Å². The summed E-state index contributed by atoms with van der Waals surface area (Å²) in [6, 6.07) is 6.36. The van der Waals surface area contributed by atoms with Crippen molar-refractivity contribution in [3.05, 3.63) is 46.5 Å². The van der Waals surface area contributed by atoms with Crippen LogP contribution in [-0.4, -0.2) is 9.55 Å². The van der Waals surface area contributed by atoms with Crippen LogP contribution in [0.5, 0.6) is 0 Å². The molecule has 1 N–H and O–H groups in total. The number of hydrogen-bond acceptors (Lipinski definition) is 2. The number of imidazole rings is 1. The summed E-state index contributed by atoms with van der Waals surface area (Å²) in [6.07, 6.45) is 1.67. The maximum Gasteiger partial charge on any atom is 0.128 e. The maximum absolute atomic E-state index is 5.94. The Labute approximate surface area is 106 Å². The van der Waals surface area contributed by atoms with Crippen LogP contribution < -0.4 is 5.32 Å². The lowest BCUT2D eigenvalue weighted by Gasteiger charge is -2.10. The smallest absolute Gasteiger partial charge is 0.128 e. The highest BCUT2D eigenvalue weighted by atomic mass is 35.5. The number of halogens is 1. The van der Waals surface area contributed by atoms with Gasteiger partial charge in [-0.25, -0.2) is 4.98 Å². The molecule has 0 radical (unpaired) electrons. The van der Waals surface area contributed by atoms with Gasteiger partial charge in [0, 0.05) is 12.7 Å². The van der Waals surface area contributed by atoms with Gasteiger partial charge in [0.15, 0.2) is 0 Å². The average Bonchev–Trinajstić information content (AvgIpc) is 2.62. The van der Waals surface area contributed by atoms with E-state index < -0.39 is 0 Å². The number of nitrogens with one attached hydrogen (secondary N) is 1. The zero-order valence-corrected chi connectivity index (χ0v) is 11.0. The monoisotopic (exact) mass is 249 g/mol. The van der Waals surface area contributed by atoms with E-state index in [4.69, 9.17) is 11.6 Å². The van der Waals surface area contributed by atoms with Gasteiger partial charge in [-0.15, -0.1) is 0 Å². The van der Waals surface area contributed by atoms with Crippen molar-refractivity contribution in [2.45, 2.75) is 20.4 Å². The Morgan fingerprint density at radius 2 is 2.12 bits per heavy atom. The van der Waals surface area contributed by atoms with Crippen molar-refractivity contribution in [1.29, 1.82) is 0 Å². The highest BCUT2D eigenvalue weighted by Crippen LogP contribution is 2.17. The van der Waals surface area contributed by atoms with E-state index in [2.05, 4.69) is 42.3 Å². The number of nitrogens with zero attached hydrogens (tertiary/aromatic N) is 2. The minimum atomic E-state index is 0.655. The molecular formula is C13H16ClN3. The number of anilines is 1. The van der Waals surface area contributed by atoms with Crippen molar-refractivity contribution in [3.8, 4) is 0 Å². The highest BCUT2D eigenvalue weighted by molar-refractivity contribution is 6.29. The summed E-state index contributed by atoms with van der Waals surface area (Å²) in [5.41, 5.74) is 3.62. The summed E-state index contributed by atoms with van der Waals surface area (Å²) < 4.78 is 1.87. The van der Waals surface area contributed by atoms with Crippen LogP contribution >= 0.6 is 11.6 Å². The van der Waals surface area contributed by atoms with E-state index in [-0.39, 0.29) is 0 Å². The first kappa shape index (κ1) is 12.0. The van der Waals surface area contributed by atoms with Crippen LogP contribution in [0.1, 0.15) is 17.0 Å². The molecule has 0 saturated heterocycles. The molecule has 90 valence electrons. The highest BCUT2D eigenvalue weighted by Gasteiger charge is 2.05. The number of aromatic nitrogens is 2. The van der Waals surface area contributed by atoms with E-state index >= 15 is 0 Å². The summed E-state index contributed by atoms with van der Waals surface area (Å²) in [7, 11) is 1.91. The first-order valence-corrected chi connectivity index (χ1v) is 5.93. The van der Waals surface area contributed by atoms with Gasteiger partial charge in [0.05, 0.1) is 12.7 Å². The maximum atomic E-state index is 5.94. The van der Waals surface area contributed by atoms with Crippen molar-refractivity contribution in [3.63, 3.8) is 0 Å². The number of rotatable bonds is 3. The Hall–Kier alpha value is -1.48. The Morgan fingerprint density at radius 3 is 2.76 bits per heavy atom. The van der Waals surface area contributed by atoms with Gasteiger partial charge in [-0.3, -0.25) is 0 Å². The minimum Gasteiger partial charge on any atom is -0.378 e. The van der Waals surface area contributed by atoms with E-state index in [1.54, 1.807) is 6.20 Å². The second-order valence-corrected chi connectivity index (χ2v) is 4.62. The van der Waals surface area contributed by atoms with Gasteiger partial charge < -0.3 is 9.88 Å². The van der Waals surface area contributed by atoms with Crippen molar-refractivity contribution in [2.75, 3.05) is 5.32 Å². The Kier molecular flexibility index (Phi) is 3.38. The Balaban J connectivity index is 2.12. The van der Waals surface area contributed by atoms with Crippen LogP contribution in [0, 0.1) is 13.8 Å². The molecule has 0 amide bonds. The largest absolute Gasteiger partial charge is 0.378 e. The second kappa shape index (κ2) is 4.80. The predicted octanol–water partition coefficient (Wildman–Crippen LogP) is 3.30. The van der Waals surface area contributed by atoms with Crippen LogP contribution in [0.3, 0.4) is 0 Å². The van der Waals surface area contributed by atoms with Crippen LogP contribution in [0.2, 0.25) is 5.15 Å². The summed E-state index contributed by atoms with van der Waals surface area (Å²) in [6.45, 7) is 4.85. The molecule has 0 atom stereocenters. The summed E-state index contributed by atoms with van der Waals surface area (Å²) in [5, 5.41) is 4.04. The molecule has 0 fully saturated rings. The molecule has 0 aliphatic carbocycles. The van der Waals surface area contributed by atoms with Gasteiger partial charge in [-0.1, -0.05) is 23.7 Å². The molecule has 1 aromatic carbocycles. The predicted molar refractivity (Wildman–Crippen MR) is 71.5 cm³/mol. The van der Waals surface area contributed by atoms with E-state index in [1.807, 2.05) is 11.6 Å². The summed E-state index contributed by atoms with van der Waals surface area (Å²) in [5.74, 6) is 0.927. The van der Waals surface area contributed by atoms with E-state index in [9.17, 15) is 0 Å². The Bertz CT molecular complexity index is 531. The van der Waals surface area contributed by atoms with Crippen LogP contribution in [0.4, 0.5) is 5.69 Å². The summed E-state index contributed by atoms with van der Waals surface area (Å²) in [4.78, 5) is 4.25. The van der Waals surface area contributed by atoms with Crippen molar-refractivity contribution >= 4 is 17.3 Å². The van der Waals surface area contributed by atoms with E-state index in [0.717, 1.165) is 11.5 Å². The molecule has 0 bridgehead atoms. The number of aryl methyl sites for hydroxylation is 2. The van der Waals surface area contributed by atoms with Gasteiger partial charge in [-0.2, -0.15) is 0 Å². The SMILES string of the molecule is Cc1ccc(C)c(NCc2ncc(Cl)n2C)c1. The van der Waals surface area contributed by atoms with Crippen LogP contribution in [-0.2, 0) is 13.6 Å². The standard InChI is InChI=1S/C13H16ClN3/c1-9-4-5-10(2)11(6-9)15-8-13-16-7-12(14)17(13)3/h4-7,15H,8H2,1-3H3. The fourth-order valence-electron chi connectivity index (χ4n) is 1.69. The molecule has 0 aliphatic rings. The zero-order valence-electron chi connectivity index (χ0n) is 10.3. The molecule has 2 rings (SSSR count).